The van der Waals surface area contributed by atoms with Gasteiger partial charge in [-0.2, -0.15) is 4.98 Å². The van der Waals surface area contributed by atoms with Crippen molar-refractivity contribution in [2.24, 2.45) is 0 Å². The molecule has 0 aliphatic rings. The predicted molar refractivity (Wildman–Crippen MR) is 86.7 cm³/mol. The van der Waals surface area contributed by atoms with Gasteiger partial charge in [0, 0.05) is 19.0 Å². The van der Waals surface area contributed by atoms with Gasteiger partial charge < -0.3 is 15.6 Å². The molecule has 0 spiro atoms. The van der Waals surface area contributed by atoms with Gasteiger partial charge in [0.05, 0.1) is 5.54 Å². The molecule has 22 heavy (non-hydrogen) atoms. The smallest absolute Gasteiger partial charge is 0.227 e. The van der Waals surface area contributed by atoms with Crippen LogP contribution in [0.1, 0.15) is 38.0 Å². The molecule has 0 atom stereocenters. The molecule has 6 nitrogen and oxygen atoms in total. The van der Waals surface area contributed by atoms with Gasteiger partial charge >= 0.3 is 0 Å². The molecule has 0 saturated carbocycles. The number of hydrogen-bond acceptors (Lipinski definition) is 5. The van der Waals surface area contributed by atoms with Gasteiger partial charge in [-0.05, 0) is 31.9 Å². The van der Waals surface area contributed by atoms with Crippen LogP contribution in [-0.2, 0) is 23.2 Å². The normalized spacial score (nSPS) is 10.9. The Balaban J connectivity index is 0.00000242. The number of nitrogens with zero attached hydrogens (tertiary/aromatic N) is 2. The number of carbonyl (C=O) groups is 1. The molecule has 0 saturated heterocycles. The maximum absolute atomic E-state index is 11.2. The Bertz CT molecular complexity index is 640. The summed E-state index contributed by atoms with van der Waals surface area (Å²) in [4.78, 5) is 15.5. The van der Waals surface area contributed by atoms with Crippen LogP contribution in [0.15, 0.2) is 28.8 Å². The highest BCUT2D eigenvalue weighted by Gasteiger charge is 2.27. The number of aromatic nitrogens is 2. The summed E-state index contributed by atoms with van der Waals surface area (Å²) in [5, 5.41) is 6.73. The summed E-state index contributed by atoms with van der Waals surface area (Å²) in [6.45, 7) is 5.12. The summed E-state index contributed by atoms with van der Waals surface area (Å²) in [5.74, 6) is 0.865. The summed E-state index contributed by atoms with van der Waals surface area (Å²) < 4.78 is 5.24. The lowest BCUT2D eigenvalue weighted by Gasteiger charge is -2.20. The Kier molecular flexibility index (Phi) is 5.93. The molecule has 1 aromatic heterocycles. The Morgan fingerprint density at radius 1 is 1.32 bits per heavy atom. The van der Waals surface area contributed by atoms with Crippen molar-refractivity contribution in [3.05, 3.63) is 41.5 Å². The molecule has 0 radical (unpaired) electrons. The van der Waals surface area contributed by atoms with Gasteiger partial charge in [0.15, 0.2) is 5.82 Å². The molecule has 7 heteroatoms. The predicted octanol–water partition coefficient (Wildman–Crippen LogP) is 2.23. The monoisotopic (exact) mass is 324 g/mol. The van der Waals surface area contributed by atoms with Gasteiger partial charge in [0.25, 0.3) is 0 Å². The number of hydrogen-bond donors (Lipinski definition) is 2. The van der Waals surface area contributed by atoms with Gasteiger partial charge in [-0.25, -0.2) is 0 Å². The first-order chi connectivity index (χ1) is 9.88. The minimum absolute atomic E-state index is 0. The number of nitrogen functional groups attached to an aromatic ring is 1. The molecular weight excluding hydrogens is 304 g/mol. The lowest BCUT2D eigenvalue weighted by atomic mass is 10.1. The maximum Gasteiger partial charge on any atom is 0.227 e. The van der Waals surface area contributed by atoms with Crippen molar-refractivity contribution in [2.45, 2.75) is 39.2 Å². The van der Waals surface area contributed by atoms with Crippen LogP contribution < -0.4 is 11.1 Å². The lowest BCUT2D eigenvalue weighted by molar-refractivity contribution is -0.120. The molecule has 120 valence electrons. The first-order valence-electron chi connectivity index (χ1n) is 6.83. The second kappa shape index (κ2) is 7.26. The summed E-state index contributed by atoms with van der Waals surface area (Å²) in [7, 11) is 0. The number of anilines is 1. The molecule has 3 N–H and O–H groups in total. The van der Waals surface area contributed by atoms with E-state index in [0.29, 0.717) is 18.1 Å². The van der Waals surface area contributed by atoms with Crippen LogP contribution in [0.4, 0.5) is 5.69 Å². The molecule has 0 fully saturated rings. The van der Waals surface area contributed by atoms with Crippen LogP contribution in [0.3, 0.4) is 0 Å². The van der Waals surface area contributed by atoms with E-state index in [0.717, 1.165) is 17.7 Å². The third kappa shape index (κ3) is 4.46. The van der Waals surface area contributed by atoms with E-state index in [1.54, 1.807) is 0 Å². The summed E-state index contributed by atoms with van der Waals surface area (Å²) in [6, 6.07) is 7.70. The van der Waals surface area contributed by atoms with E-state index in [4.69, 9.17) is 10.3 Å². The fraction of sp³-hybridized carbons (Fsp3) is 0.400. The Hall–Kier alpha value is -2.08. The molecule has 0 unspecified atom stereocenters. The van der Waals surface area contributed by atoms with E-state index < -0.39 is 5.54 Å². The number of rotatable bonds is 5. The van der Waals surface area contributed by atoms with Gasteiger partial charge in [-0.1, -0.05) is 23.4 Å². The van der Waals surface area contributed by atoms with Gasteiger partial charge in [-0.3, -0.25) is 4.79 Å². The van der Waals surface area contributed by atoms with Crippen molar-refractivity contribution in [3.63, 3.8) is 0 Å². The fourth-order valence-corrected chi connectivity index (χ4v) is 2.11. The molecule has 1 aromatic carbocycles. The van der Waals surface area contributed by atoms with Gasteiger partial charge in [0.2, 0.25) is 11.8 Å². The first-order valence-corrected chi connectivity index (χ1v) is 6.83. The summed E-state index contributed by atoms with van der Waals surface area (Å²) in [6.07, 6.45) is 1.34. The zero-order valence-corrected chi connectivity index (χ0v) is 13.7. The molecule has 2 aromatic rings. The largest absolute Gasteiger partial charge is 0.399 e. The van der Waals surface area contributed by atoms with Crippen LogP contribution in [-0.4, -0.2) is 16.0 Å². The third-order valence-electron chi connectivity index (χ3n) is 3.18. The standard InChI is InChI=1S/C15H20N4O2.ClH/c1-10(20)18-15(2,3)14-17-13(21-19-14)9-8-11-6-4-5-7-12(11)16;/h4-7H,8-9,16H2,1-3H3,(H,18,20);1H. The minimum Gasteiger partial charge on any atom is -0.399 e. The van der Waals surface area contributed by atoms with E-state index in [1.165, 1.54) is 6.92 Å². The number of amides is 1. The van der Waals surface area contributed by atoms with Crippen molar-refractivity contribution in [1.82, 2.24) is 15.5 Å². The number of carbonyl (C=O) groups excluding carboxylic acids is 1. The van der Waals surface area contributed by atoms with E-state index in [2.05, 4.69) is 15.5 Å². The van der Waals surface area contributed by atoms with E-state index in [1.807, 2.05) is 38.1 Å². The molecule has 2 rings (SSSR count). The zero-order chi connectivity index (χ0) is 15.5. The fourth-order valence-electron chi connectivity index (χ4n) is 2.11. The number of halogens is 1. The van der Waals surface area contributed by atoms with Crippen molar-refractivity contribution < 1.29 is 9.32 Å². The second-order valence-electron chi connectivity index (χ2n) is 5.52. The van der Waals surface area contributed by atoms with Crippen LogP contribution in [0.2, 0.25) is 0 Å². The maximum atomic E-state index is 11.2. The Morgan fingerprint density at radius 3 is 2.64 bits per heavy atom. The Labute approximate surface area is 135 Å². The van der Waals surface area contributed by atoms with Crippen LogP contribution in [0.25, 0.3) is 0 Å². The minimum atomic E-state index is -0.653. The summed E-state index contributed by atoms with van der Waals surface area (Å²) in [5.41, 5.74) is 7.06. The highest BCUT2D eigenvalue weighted by atomic mass is 35.5. The Morgan fingerprint density at radius 2 is 2.00 bits per heavy atom. The molecule has 0 bridgehead atoms. The van der Waals surface area contributed by atoms with E-state index >= 15 is 0 Å². The zero-order valence-electron chi connectivity index (χ0n) is 12.9. The van der Waals surface area contributed by atoms with Crippen LogP contribution >= 0.6 is 12.4 Å². The number of nitrogens with one attached hydrogen (secondary N) is 1. The second-order valence-corrected chi connectivity index (χ2v) is 5.52. The average molecular weight is 325 g/mol. The van der Waals surface area contributed by atoms with E-state index in [-0.39, 0.29) is 18.3 Å². The quantitative estimate of drug-likeness (QED) is 0.822. The molecule has 1 amide bonds. The number of para-hydroxylation sites is 1. The first kappa shape index (κ1) is 18.0. The average Bonchev–Trinajstić information content (AvgIpc) is 2.86. The summed E-state index contributed by atoms with van der Waals surface area (Å²) >= 11 is 0. The topological polar surface area (TPSA) is 94.0 Å². The highest BCUT2D eigenvalue weighted by molar-refractivity contribution is 5.85. The SMILES string of the molecule is CC(=O)NC(C)(C)c1noc(CCc2ccccc2N)n1.Cl. The number of aryl methyl sites for hydroxylation is 2. The van der Waals surface area contributed by atoms with Gasteiger partial charge in [-0.15, -0.1) is 12.4 Å². The van der Waals surface area contributed by atoms with E-state index in [9.17, 15) is 4.79 Å². The number of nitrogens with two attached hydrogens (primary N) is 1. The molecular formula is C15H21ClN4O2. The van der Waals surface area contributed by atoms with Crippen molar-refractivity contribution in [2.75, 3.05) is 5.73 Å². The third-order valence-corrected chi connectivity index (χ3v) is 3.18. The van der Waals surface area contributed by atoms with Gasteiger partial charge in [0.1, 0.15) is 0 Å². The highest BCUT2D eigenvalue weighted by Crippen LogP contribution is 2.18. The van der Waals surface area contributed by atoms with Crippen molar-refractivity contribution in [3.8, 4) is 0 Å². The molecule has 1 heterocycles. The molecule has 0 aliphatic heterocycles. The van der Waals surface area contributed by atoms with Crippen LogP contribution in [0.5, 0.6) is 0 Å². The van der Waals surface area contributed by atoms with Crippen molar-refractivity contribution in [1.29, 1.82) is 0 Å². The van der Waals surface area contributed by atoms with Crippen molar-refractivity contribution >= 4 is 24.0 Å². The number of benzene rings is 1. The molecule has 0 aliphatic carbocycles. The van der Waals surface area contributed by atoms with Crippen LogP contribution in [0, 0.1) is 0 Å². The lowest BCUT2D eigenvalue weighted by Crippen LogP contribution is -2.40.